The SMILES string of the molecule is CC(NC(=O)CCNC(=O)c1ccsc1)C12CC3CC(CC(C3)C1)C2. The third-order valence-corrected chi connectivity index (χ3v) is 7.49. The van der Waals surface area contributed by atoms with Crippen molar-refractivity contribution in [2.24, 2.45) is 23.2 Å². The smallest absolute Gasteiger partial charge is 0.252 e. The van der Waals surface area contributed by atoms with E-state index in [4.69, 9.17) is 0 Å². The molecule has 4 bridgehead atoms. The number of amides is 2. The topological polar surface area (TPSA) is 58.2 Å². The molecule has 4 fully saturated rings. The first-order valence-corrected chi connectivity index (χ1v) is 10.6. The molecular weight excluding hydrogens is 332 g/mol. The highest BCUT2D eigenvalue weighted by Crippen LogP contribution is 2.61. The second-order valence-corrected chi connectivity index (χ2v) is 9.37. The fraction of sp³-hybridized carbons (Fsp3) is 0.700. The van der Waals surface area contributed by atoms with Crippen LogP contribution in [0, 0.1) is 23.2 Å². The molecule has 0 saturated heterocycles. The molecule has 0 radical (unpaired) electrons. The minimum Gasteiger partial charge on any atom is -0.353 e. The lowest BCUT2D eigenvalue weighted by Crippen LogP contribution is -2.56. The summed E-state index contributed by atoms with van der Waals surface area (Å²) in [5.41, 5.74) is 1.01. The highest BCUT2D eigenvalue weighted by Gasteiger charge is 2.53. The van der Waals surface area contributed by atoms with Gasteiger partial charge >= 0.3 is 0 Å². The summed E-state index contributed by atoms with van der Waals surface area (Å²) in [5, 5.41) is 9.80. The van der Waals surface area contributed by atoms with Crippen LogP contribution in [0.4, 0.5) is 0 Å². The molecule has 1 heterocycles. The molecule has 5 rings (SSSR count). The molecule has 0 aliphatic heterocycles. The number of nitrogens with one attached hydrogen (secondary N) is 2. The van der Waals surface area contributed by atoms with Gasteiger partial charge in [0, 0.05) is 30.0 Å². The minimum atomic E-state index is -0.0943. The average molecular weight is 361 g/mol. The van der Waals surface area contributed by atoms with E-state index in [0.29, 0.717) is 23.9 Å². The zero-order valence-electron chi connectivity index (χ0n) is 14.9. The number of rotatable bonds is 6. The largest absolute Gasteiger partial charge is 0.353 e. The van der Waals surface area contributed by atoms with E-state index in [-0.39, 0.29) is 17.9 Å². The van der Waals surface area contributed by atoms with Crippen molar-refractivity contribution < 1.29 is 9.59 Å². The summed E-state index contributed by atoms with van der Waals surface area (Å²) in [5.74, 6) is 2.67. The number of carbonyl (C=O) groups excluding carboxylic acids is 2. The summed E-state index contributed by atoms with van der Waals surface area (Å²) in [4.78, 5) is 24.3. The van der Waals surface area contributed by atoms with Gasteiger partial charge in [-0.25, -0.2) is 0 Å². The monoisotopic (exact) mass is 360 g/mol. The predicted octanol–water partition coefficient (Wildman–Crippen LogP) is 3.59. The lowest BCUT2D eigenvalue weighted by atomic mass is 9.48. The van der Waals surface area contributed by atoms with Gasteiger partial charge in [0.1, 0.15) is 0 Å². The van der Waals surface area contributed by atoms with Gasteiger partial charge in [0.15, 0.2) is 0 Å². The molecule has 2 amide bonds. The molecule has 1 aromatic rings. The Balaban J connectivity index is 1.26. The highest BCUT2D eigenvalue weighted by molar-refractivity contribution is 7.08. The molecule has 25 heavy (non-hydrogen) atoms. The van der Waals surface area contributed by atoms with E-state index in [9.17, 15) is 9.59 Å². The minimum absolute atomic E-state index is 0.0638. The molecule has 4 aliphatic carbocycles. The predicted molar refractivity (Wildman–Crippen MR) is 99.5 cm³/mol. The summed E-state index contributed by atoms with van der Waals surface area (Å²) in [6, 6.07) is 2.05. The average Bonchev–Trinajstić information content (AvgIpc) is 3.08. The third-order valence-electron chi connectivity index (χ3n) is 6.80. The normalized spacial score (nSPS) is 33.9. The van der Waals surface area contributed by atoms with Crippen LogP contribution in [0.25, 0.3) is 0 Å². The van der Waals surface area contributed by atoms with Crippen LogP contribution in [0.3, 0.4) is 0 Å². The van der Waals surface area contributed by atoms with Gasteiger partial charge in [-0.3, -0.25) is 9.59 Å². The van der Waals surface area contributed by atoms with Crippen molar-refractivity contribution in [2.45, 2.75) is 57.9 Å². The Kier molecular flexibility index (Phi) is 4.61. The molecule has 2 N–H and O–H groups in total. The van der Waals surface area contributed by atoms with Crippen molar-refractivity contribution in [3.8, 4) is 0 Å². The Hall–Kier alpha value is -1.36. The van der Waals surface area contributed by atoms with Gasteiger partial charge in [0.25, 0.3) is 5.91 Å². The first-order valence-electron chi connectivity index (χ1n) is 9.64. The van der Waals surface area contributed by atoms with Gasteiger partial charge in [-0.2, -0.15) is 11.3 Å². The zero-order chi connectivity index (χ0) is 17.4. The van der Waals surface area contributed by atoms with Gasteiger partial charge in [-0.15, -0.1) is 0 Å². The number of thiophene rings is 1. The van der Waals surface area contributed by atoms with Gasteiger partial charge in [-0.1, -0.05) is 0 Å². The summed E-state index contributed by atoms with van der Waals surface area (Å²) >= 11 is 1.50. The van der Waals surface area contributed by atoms with Crippen LogP contribution in [0.1, 0.15) is 62.2 Å². The maximum absolute atomic E-state index is 12.4. The van der Waals surface area contributed by atoms with Crippen molar-refractivity contribution >= 4 is 23.2 Å². The first-order chi connectivity index (χ1) is 12.0. The van der Waals surface area contributed by atoms with E-state index in [1.54, 1.807) is 6.07 Å². The second-order valence-electron chi connectivity index (χ2n) is 8.59. The van der Waals surface area contributed by atoms with Crippen LogP contribution in [-0.2, 0) is 4.79 Å². The van der Waals surface area contributed by atoms with Gasteiger partial charge in [0.2, 0.25) is 5.91 Å². The Labute approximate surface area is 153 Å². The van der Waals surface area contributed by atoms with Crippen LogP contribution in [-0.4, -0.2) is 24.4 Å². The van der Waals surface area contributed by atoms with E-state index in [1.165, 1.54) is 49.9 Å². The molecular formula is C20H28N2O2S. The molecule has 0 aromatic carbocycles. The Bertz CT molecular complexity index is 605. The van der Waals surface area contributed by atoms with Crippen LogP contribution in [0.2, 0.25) is 0 Å². The van der Waals surface area contributed by atoms with E-state index < -0.39 is 0 Å². The van der Waals surface area contributed by atoms with Crippen LogP contribution < -0.4 is 10.6 Å². The zero-order valence-corrected chi connectivity index (χ0v) is 15.7. The molecule has 136 valence electrons. The molecule has 4 saturated carbocycles. The molecule has 1 unspecified atom stereocenters. The van der Waals surface area contributed by atoms with E-state index >= 15 is 0 Å². The maximum Gasteiger partial charge on any atom is 0.252 e. The van der Waals surface area contributed by atoms with E-state index in [0.717, 1.165) is 17.8 Å². The first kappa shape index (κ1) is 17.1. The maximum atomic E-state index is 12.4. The van der Waals surface area contributed by atoms with Crippen LogP contribution in [0.5, 0.6) is 0 Å². The second kappa shape index (κ2) is 6.75. The van der Waals surface area contributed by atoms with E-state index in [1.807, 2.05) is 10.8 Å². The van der Waals surface area contributed by atoms with Crippen molar-refractivity contribution in [3.05, 3.63) is 22.4 Å². The van der Waals surface area contributed by atoms with Crippen molar-refractivity contribution in [1.82, 2.24) is 10.6 Å². The Morgan fingerprint density at radius 2 is 1.84 bits per heavy atom. The number of hydrogen-bond donors (Lipinski definition) is 2. The molecule has 0 spiro atoms. The summed E-state index contributed by atoms with van der Waals surface area (Å²) in [7, 11) is 0. The standard InChI is InChI=1S/C20H28N2O2S/c1-13(20-9-14-6-15(10-20)8-16(7-14)11-20)22-18(23)2-4-21-19(24)17-3-5-25-12-17/h3,5,12-16H,2,4,6-11H2,1H3,(H,21,24)(H,22,23). The van der Waals surface area contributed by atoms with Crippen molar-refractivity contribution in [3.63, 3.8) is 0 Å². The Morgan fingerprint density at radius 3 is 2.40 bits per heavy atom. The van der Waals surface area contributed by atoms with Crippen LogP contribution >= 0.6 is 11.3 Å². The lowest BCUT2D eigenvalue weighted by molar-refractivity contribution is -0.125. The van der Waals surface area contributed by atoms with Crippen molar-refractivity contribution in [1.29, 1.82) is 0 Å². The molecule has 1 aromatic heterocycles. The van der Waals surface area contributed by atoms with Gasteiger partial charge in [-0.05, 0) is 80.1 Å². The molecule has 5 heteroatoms. The quantitative estimate of drug-likeness (QED) is 0.814. The molecule has 4 nitrogen and oxygen atoms in total. The Morgan fingerprint density at radius 1 is 1.20 bits per heavy atom. The number of hydrogen-bond acceptors (Lipinski definition) is 3. The summed E-state index contributed by atoms with van der Waals surface area (Å²) in [6.45, 7) is 2.60. The fourth-order valence-corrected chi connectivity index (χ4v) is 6.60. The number of carbonyl (C=O) groups is 2. The summed E-state index contributed by atoms with van der Waals surface area (Å²) < 4.78 is 0. The van der Waals surface area contributed by atoms with E-state index in [2.05, 4.69) is 17.6 Å². The molecule has 4 aliphatic rings. The van der Waals surface area contributed by atoms with Gasteiger partial charge < -0.3 is 10.6 Å². The van der Waals surface area contributed by atoms with Crippen LogP contribution in [0.15, 0.2) is 16.8 Å². The third kappa shape index (κ3) is 3.48. The summed E-state index contributed by atoms with van der Waals surface area (Å²) in [6.07, 6.45) is 8.53. The fourth-order valence-electron chi connectivity index (χ4n) is 5.96. The molecule has 1 atom stereocenters. The van der Waals surface area contributed by atoms with Crippen molar-refractivity contribution in [2.75, 3.05) is 6.54 Å². The lowest BCUT2D eigenvalue weighted by Gasteiger charge is -2.59. The highest BCUT2D eigenvalue weighted by atomic mass is 32.1. The van der Waals surface area contributed by atoms with Gasteiger partial charge in [0.05, 0.1) is 0 Å².